The number of rotatable bonds is 7. The lowest BCUT2D eigenvalue weighted by Crippen LogP contribution is -2.43. The van der Waals surface area contributed by atoms with Gasteiger partial charge in [-0.15, -0.1) is 0 Å². The smallest absolute Gasteiger partial charge is 0.326 e. The van der Waals surface area contributed by atoms with Gasteiger partial charge in [0.2, 0.25) is 5.91 Å². The molecule has 0 fully saturated rings. The van der Waals surface area contributed by atoms with Gasteiger partial charge < -0.3 is 14.6 Å². The molecule has 5 nitrogen and oxygen atoms in total. The summed E-state index contributed by atoms with van der Waals surface area (Å²) in [5.41, 5.74) is 3.77. The van der Waals surface area contributed by atoms with Crippen molar-refractivity contribution < 1.29 is 19.1 Å². The van der Waals surface area contributed by atoms with Gasteiger partial charge >= 0.3 is 5.97 Å². The summed E-state index contributed by atoms with van der Waals surface area (Å²) >= 11 is 0. The highest BCUT2D eigenvalue weighted by Crippen LogP contribution is 2.38. The minimum absolute atomic E-state index is 0.0452. The zero-order valence-electron chi connectivity index (χ0n) is 20.7. The molecule has 1 N–H and O–H groups in total. The van der Waals surface area contributed by atoms with Crippen LogP contribution in [0.4, 0.5) is 4.39 Å². The Morgan fingerprint density at radius 1 is 1.08 bits per heavy atom. The molecule has 36 heavy (non-hydrogen) atoms. The van der Waals surface area contributed by atoms with E-state index in [2.05, 4.69) is 24.3 Å². The summed E-state index contributed by atoms with van der Waals surface area (Å²) in [6.45, 7) is 4.25. The van der Waals surface area contributed by atoms with Crippen molar-refractivity contribution in [1.29, 1.82) is 0 Å². The SMILES string of the molecule is CCC(=O)N(Cc1cccc2ccccc12)[C@H]1CCc2c(c3cc(F)ccc3n2C(CC)C(=O)O)C1. The number of carboxylic acid groups (broad SMARTS) is 1. The number of fused-ring (bicyclic) bond motifs is 4. The lowest BCUT2D eigenvalue weighted by molar-refractivity contribution is -0.141. The van der Waals surface area contributed by atoms with E-state index in [1.807, 2.05) is 41.5 Å². The van der Waals surface area contributed by atoms with Crippen LogP contribution in [0.5, 0.6) is 0 Å². The Hall–Kier alpha value is -3.67. The van der Waals surface area contributed by atoms with Crippen molar-refractivity contribution in [2.75, 3.05) is 0 Å². The highest BCUT2D eigenvalue weighted by atomic mass is 19.1. The first-order chi connectivity index (χ1) is 17.4. The second kappa shape index (κ2) is 9.76. The first-order valence-electron chi connectivity index (χ1n) is 12.7. The molecule has 2 atom stereocenters. The standard InChI is InChI=1S/C30H31FN2O3/c1-3-26(30(35)36)33-27-14-12-21(31)16-24(27)25-17-22(13-15-28(25)33)32(29(34)4-2)18-20-10-7-9-19-8-5-6-11-23(19)20/h5-12,14,16,22,26H,3-4,13,15,17-18H2,1-2H3,(H,35,36)/t22-,26?/m0/s1. The topological polar surface area (TPSA) is 62.5 Å². The molecule has 3 aromatic carbocycles. The van der Waals surface area contributed by atoms with Crippen molar-refractivity contribution >= 4 is 33.6 Å². The number of amides is 1. The fraction of sp³-hybridized carbons (Fsp3) is 0.333. The highest BCUT2D eigenvalue weighted by Gasteiger charge is 2.33. The van der Waals surface area contributed by atoms with Gasteiger partial charge in [0.25, 0.3) is 0 Å². The van der Waals surface area contributed by atoms with Crippen molar-refractivity contribution in [3.05, 3.63) is 83.3 Å². The van der Waals surface area contributed by atoms with E-state index in [0.717, 1.165) is 44.9 Å². The third-order valence-corrected chi connectivity index (χ3v) is 7.60. The Morgan fingerprint density at radius 2 is 1.86 bits per heavy atom. The molecule has 0 saturated carbocycles. The summed E-state index contributed by atoms with van der Waals surface area (Å²) in [4.78, 5) is 27.3. The number of carbonyl (C=O) groups excluding carboxylic acids is 1. The van der Waals surface area contributed by atoms with Crippen LogP contribution < -0.4 is 0 Å². The van der Waals surface area contributed by atoms with Crippen LogP contribution in [0.3, 0.4) is 0 Å². The van der Waals surface area contributed by atoms with Crippen molar-refractivity contribution in [3.63, 3.8) is 0 Å². The molecule has 1 aliphatic rings. The van der Waals surface area contributed by atoms with Gasteiger partial charge in [0.1, 0.15) is 11.9 Å². The molecule has 186 valence electrons. The molecular formula is C30H31FN2O3. The van der Waals surface area contributed by atoms with E-state index in [-0.39, 0.29) is 17.8 Å². The molecule has 1 aromatic heterocycles. The fourth-order valence-corrected chi connectivity index (χ4v) is 5.87. The number of nitrogens with zero attached hydrogens (tertiary/aromatic N) is 2. The summed E-state index contributed by atoms with van der Waals surface area (Å²) in [6.07, 6.45) is 2.80. The first kappa shape index (κ1) is 24.0. The van der Waals surface area contributed by atoms with Crippen molar-refractivity contribution in [3.8, 4) is 0 Å². The molecule has 1 aliphatic carbocycles. The summed E-state index contributed by atoms with van der Waals surface area (Å²) in [7, 11) is 0. The van der Waals surface area contributed by atoms with Crippen molar-refractivity contribution in [1.82, 2.24) is 9.47 Å². The van der Waals surface area contributed by atoms with Gasteiger partial charge in [-0.3, -0.25) is 4.79 Å². The molecule has 1 unspecified atom stereocenters. The van der Waals surface area contributed by atoms with Crippen LogP contribution in [0.1, 0.15) is 56.0 Å². The number of carboxylic acids is 1. The van der Waals surface area contributed by atoms with Gasteiger partial charge in [0.15, 0.2) is 0 Å². The Balaban J connectivity index is 1.56. The van der Waals surface area contributed by atoms with Gasteiger partial charge in [0, 0.05) is 35.6 Å². The van der Waals surface area contributed by atoms with Crippen LogP contribution >= 0.6 is 0 Å². The van der Waals surface area contributed by atoms with E-state index in [1.54, 1.807) is 6.07 Å². The van der Waals surface area contributed by atoms with Crippen LogP contribution in [0.25, 0.3) is 21.7 Å². The number of hydrogen-bond acceptors (Lipinski definition) is 2. The second-order valence-electron chi connectivity index (χ2n) is 9.63. The van der Waals surface area contributed by atoms with E-state index in [9.17, 15) is 19.1 Å². The predicted molar refractivity (Wildman–Crippen MR) is 139 cm³/mol. The van der Waals surface area contributed by atoms with Gasteiger partial charge in [-0.05, 0) is 65.8 Å². The van der Waals surface area contributed by atoms with E-state index in [4.69, 9.17) is 0 Å². The molecule has 0 aliphatic heterocycles. The summed E-state index contributed by atoms with van der Waals surface area (Å²) in [5, 5.41) is 12.9. The molecule has 6 heteroatoms. The maximum Gasteiger partial charge on any atom is 0.326 e. The van der Waals surface area contributed by atoms with Gasteiger partial charge in [-0.2, -0.15) is 0 Å². The molecule has 0 saturated heterocycles. The molecule has 4 aromatic rings. The van der Waals surface area contributed by atoms with E-state index in [0.29, 0.717) is 32.2 Å². The zero-order chi connectivity index (χ0) is 25.4. The largest absolute Gasteiger partial charge is 0.480 e. The number of aliphatic carboxylic acids is 1. The molecule has 1 amide bonds. The average Bonchev–Trinajstić information content (AvgIpc) is 3.19. The summed E-state index contributed by atoms with van der Waals surface area (Å²) in [6, 6.07) is 18.2. The fourth-order valence-electron chi connectivity index (χ4n) is 5.87. The normalized spacial score (nSPS) is 16.1. The van der Waals surface area contributed by atoms with E-state index < -0.39 is 12.0 Å². The number of carbonyl (C=O) groups is 2. The van der Waals surface area contributed by atoms with Gasteiger partial charge in [-0.25, -0.2) is 9.18 Å². The molecule has 0 radical (unpaired) electrons. The van der Waals surface area contributed by atoms with Gasteiger partial charge in [-0.1, -0.05) is 56.3 Å². The van der Waals surface area contributed by atoms with E-state index in [1.165, 1.54) is 12.1 Å². The molecule has 0 spiro atoms. The summed E-state index contributed by atoms with van der Waals surface area (Å²) < 4.78 is 16.2. The molecule has 5 rings (SSSR count). The Morgan fingerprint density at radius 3 is 2.61 bits per heavy atom. The van der Waals surface area contributed by atoms with Crippen LogP contribution in [0.15, 0.2) is 60.7 Å². The third kappa shape index (κ3) is 4.15. The number of benzene rings is 3. The number of hydrogen-bond donors (Lipinski definition) is 1. The quantitative estimate of drug-likeness (QED) is 0.335. The predicted octanol–water partition coefficient (Wildman–Crippen LogP) is 6.27. The lowest BCUT2D eigenvalue weighted by atomic mass is 9.89. The molecule has 1 heterocycles. The maximum absolute atomic E-state index is 14.3. The maximum atomic E-state index is 14.3. The minimum Gasteiger partial charge on any atom is -0.480 e. The molecule has 0 bridgehead atoms. The second-order valence-corrected chi connectivity index (χ2v) is 9.63. The number of aromatic nitrogens is 1. The van der Waals surface area contributed by atoms with E-state index >= 15 is 0 Å². The Bertz CT molecular complexity index is 1450. The van der Waals surface area contributed by atoms with Crippen LogP contribution in [-0.2, 0) is 29.0 Å². The summed E-state index contributed by atoms with van der Waals surface area (Å²) in [5.74, 6) is -1.14. The van der Waals surface area contributed by atoms with Gasteiger partial charge in [0.05, 0.1) is 0 Å². The minimum atomic E-state index is -0.887. The monoisotopic (exact) mass is 486 g/mol. The van der Waals surface area contributed by atoms with Crippen molar-refractivity contribution in [2.24, 2.45) is 0 Å². The average molecular weight is 487 g/mol. The van der Waals surface area contributed by atoms with Crippen LogP contribution in [-0.4, -0.2) is 32.5 Å². The number of halogens is 1. The zero-order valence-corrected chi connectivity index (χ0v) is 20.7. The first-order valence-corrected chi connectivity index (χ1v) is 12.7. The Labute approximate surface area is 210 Å². The Kier molecular flexibility index (Phi) is 6.52. The highest BCUT2D eigenvalue weighted by molar-refractivity contribution is 5.89. The van der Waals surface area contributed by atoms with Crippen LogP contribution in [0, 0.1) is 5.82 Å². The van der Waals surface area contributed by atoms with Crippen LogP contribution in [0.2, 0.25) is 0 Å². The third-order valence-electron chi connectivity index (χ3n) is 7.60. The molecular weight excluding hydrogens is 455 g/mol. The lowest BCUT2D eigenvalue weighted by Gasteiger charge is -2.35. The van der Waals surface area contributed by atoms with Crippen molar-refractivity contribution in [2.45, 2.75) is 64.6 Å².